The first-order valence-corrected chi connectivity index (χ1v) is 7.49. The monoisotopic (exact) mass is 278 g/mol. The SMILES string of the molecule is COCc1cccc(C(CN)N(C)C(C)CC(C)C)c1. The standard InChI is InChI=1S/C17H30N2O/c1-13(2)9-14(3)19(4)17(11-18)16-8-6-7-15(10-16)12-20-5/h6-8,10,13-14,17H,9,11-12,18H2,1-5H3. The molecule has 20 heavy (non-hydrogen) atoms. The van der Waals surface area contributed by atoms with E-state index in [-0.39, 0.29) is 6.04 Å². The maximum Gasteiger partial charge on any atom is 0.0713 e. The lowest BCUT2D eigenvalue weighted by Crippen LogP contribution is -2.37. The molecule has 0 aliphatic rings. The Morgan fingerprint density at radius 2 is 1.95 bits per heavy atom. The van der Waals surface area contributed by atoms with Gasteiger partial charge in [-0.25, -0.2) is 0 Å². The highest BCUT2D eigenvalue weighted by Crippen LogP contribution is 2.24. The van der Waals surface area contributed by atoms with Crippen LogP contribution in [-0.4, -0.2) is 31.6 Å². The molecule has 1 aromatic carbocycles. The van der Waals surface area contributed by atoms with Gasteiger partial charge in [-0.15, -0.1) is 0 Å². The predicted octanol–water partition coefficient (Wildman–Crippen LogP) is 3.20. The van der Waals surface area contributed by atoms with Crippen LogP contribution in [0.4, 0.5) is 0 Å². The first-order chi connectivity index (χ1) is 9.49. The number of rotatable bonds is 8. The highest BCUT2D eigenvalue weighted by Gasteiger charge is 2.21. The second-order valence-electron chi connectivity index (χ2n) is 6.07. The second kappa shape index (κ2) is 8.40. The minimum atomic E-state index is 0.264. The molecule has 0 radical (unpaired) electrons. The second-order valence-corrected chi connectivity index (χ2v) is 6.07. The van der Waals surface area contributed by atoms with E-state index in [4.69, 9.17) is 10.5 Å². The van der Waals surface area contributed by atoms with Crippen LogP contribution in [-0.2, 0) is 11.3 Å². The first kappa shape index (κ1) is 17.2. The van der Waals surface area contributed by atoms with Gasteiger partial charge in [0, 0.05) is 25.7 Å². The molecule has 2 atom stereocenters. The molecule has 3 heteroatoms. The molecular weight excluding hydrogens is 248 g/mol. The van der Waals surface area contributed by atoms with Crippen molar-refractivity contribution in [1.29, 1.82) is 0 Å². The summed E-state index contributed by atoms with van der Waals surface area (Å²) in [5.74, 6) is 0.700. The van der Waals surface area contributed by atoms with Crippen molar-refractivity contribution in [1.82, 2.24) is 4.90 Å². The molecule has 0 saturated carbocycles. The van der Waals surface area contributed by atoms with Crippen molar-refractivity contribution in [3.63, 3.8) is 0 Å². The Balaban J connectivity index is 2.86. The summed E-state index contributed by atoms with van der Waals surface area (Å²) in [4.78, 5) is 2.39. The highest BCUT2D eigenvalue weighted by atomic mass is 16.5. The van der Waals surface area contributed by atoms with E-state index >= 15 is 0 Å². The molecule has 3 nitrogen and oxygen atoms in total. The van der Waals surface area contributed by atoms with Crippen LogP contribution in [0, 0.1) is 5.92 Å². The van der Waals surface area contributed by atoms with Gasteiger partial charge < -0.3 is 10.5 Å². The summed E-state index contributed by atoms with van der Waals surface area (Å²) in [5.41, 5.74) is 8.51. The summed E-state index contributed by atoms with van der Waals surface area (Å²) < 4.78 is 5.21. The van der Waals surface area contributed by atoms with Crippen LogP contribution >= 0.6 is 0 Å². The zero-order chi connectivity index (χ0) is 15.1. The first-order valence-electron chi connectivity index (χ1n) is 7.49. The maximum absolute atomic E-state index is 6.03. The van der Waals surface area contributed by atoms with E-state index in [1.165, 1.54) is 17.5 Å². The van der Waals surface area contributed by atoms with Crippen molar-refractivity contribution in [3.05, 3.63) is 35.4 Å². The van der Waals surface area contributed by atoms with Crippen LogP contribution in [0.5, 0.6) is 0 Å². The topological polar surface area (TPSA) is 38.5 Å². The van der Waals surface area contributed by atoms with E-state index in [0.717, 1.165) is 0 Å². The molecule has 0 saturated heterocycles. The number of benzene rings is 1. The normalized spacial score (nSPS) is 14.8. The van der Waals surface area contributed by atoms with Gasteiger partial charge in [-0.1, -0.05) is 38.1 Å². The molecule has 2 unspecified atom stereocenters. The Bertz CT molecular complexity index is 392. The fraction of sp³-hybridized carbons (Fsp3) is 0.647. The lowest BCUT2D eigenvalue weighted by Gasteiger charge is -2.34. The smallest absolute Gasteiger partial charge is 0.0713 e. The van der Waals surface area contributed by atoms with Crippen molar-refractivity contribution in [3.8, 4) is 0 Å². The van der Waals surface area contributed by atoms with Crippen LogP contribution in [0.25, 0.3) is 0 Å². The Morgan fingerprint density at radius 1 is 1.25 bits per heavy atom. The third kappa shape index (κ3) is 4.89. The van der Waals surface area contributed by atoms with E-state index in [1.54, 1.807) is 7.11 Å². The van der Waals surface area contributed by atoms with Gasteiger partial charge in [-0.3, -0.25) is 4.90 Å². The Kier molecular flexibility index (Phi) is 7.20. The van der Waals surface area contributed by atoms with E-state index in [9.17, 15) is 0 Å². The van der Waals surface area contributed by atoms with E-state index in [0.29, 0.717) is 25.1 Å². The molecule has 2 N–H and O–H groups in total. The molecule has 0 spiro atoms. The van der Waals surface area contributed by atoms with Gasteiger partial charge in [0.1, 0.15) is 0 Å². The summed E-state index contributed by atoms with van der Waals surface area (Å²) in [6.07, 6.45) is 1.19. The zero-order valence-electron chi connectivity index (χ0n) is 13.6. The van der Waals surface area contributed by atoms with Crippen LogP contribution in [0.15, 0.2) is 24.3 Å². The fourth-order valence-electron chi connectivity index (χ4n) is 2.75. The summed E-state index contributed by atoms with van der Waals surface area (Å²) in [6.45, 7) is 8.09. The molecule has 0 amide bonds. The molecule has 114 valence electrons. The average molecular weight is 278 g/mol. The fourth-order valence-corrected chi connectivity index (χ4v) is 2.75. The van der Waals surface area contributed by atoms with Gasteiger partial charge in [0.15, 0.2) is 0 Å². The van der Waals surface area contributed by atoms with Crippen molar-refractivity contribution in [2.45, 2.75) is 45.9 Å². The van der Waals surface area contributed by atoms with Gasteiger partial charge in [0.05, 0.1) is 6.61 Å². The van der Waals surface area contributed by atoms with Crippen LogP contribution in [0.1, 0.15) is 44.4 Å². The van der Waals surface area contributed by atoms with Gasteiger partial charge in [-0.05, 0) is 37.4 Å². The van der Waals surface area contributed by atoms with Gasteiger partial charge >= 0.3 is 0 Å². The summed E-state index contributed by atoms with van der Waals surface area (Å²) in [7, 11) is 3.90. The molecule has 0 aliphatic carbocycles. The Hall–Kier alpha value is -0.900. The summed E-state index contributed by atoms with van der Waals surface area (Å²) in [5, 5.41) is 0. The molecule has 0 fully saturated rings. The van der Waals surface area contributed by atoms with Crippen LogP contribution in [0.2, 0.25) is 0 Å². The largest absolute Gasteiger partial charge is 0.380 e. The van der Waals surface area contributed by atoms with Crippen molar-refractivity contribution in [2.75, 3.05) is 20.7 Å². The number of nitrogens with two attached hydrogens (primary N) is 1. The zero-order valence-corrected chi connectivity index (χ0v) is 13.6. The van der Waals surface area contributed by atoms with Crippen molar-refractivity contribution < 1.29 is 4.74 Å². The number of ether oxygens (including phenoxy) is 1. The molecule has 1 aromatic rings. The average Bonchev–Trinajstić information content (AvgIpc) is 2.39. The molecule has 0 aliphatic heterocycles. The summed E-state index contributed by atoms with van der Waals surface area (Å²) in [6, 6.07) is 9.34. The molecular formula is C17H30N2O. The predicted molar refractivity (Wildman–Crippen MR) is 85.6 cm³/mol. The summed E-state index contributed by atoms with van der Waals surface area (Å²) >= 11 is 0. The minimum absolute atomic E-state index is 0.264. The number of likely N-dealkylation sites (N-methyl/N-ethyl adjacent to an activating group) is 1. The molecule has 1 rings (SSSR count). The van der Waals surface area contributed by atoms with Gasteiger partial charge in [0.25, 0.3) is 0 Å². The van der Waals surface area contributed by atoms with Gasteiger partial charge in [0.2, 0.25) is 0 Å². The highest BCUT2D eigenvalue weighted by molar-refractivity contribution is 5.26. The van der Waals surface area contributed by atoms with Crippen molar-refractivity contribution >= 4 is 0 Å². The number of hydrogen-bond acceptors (Lipinski definition) is 3. The lowest BCUT2D eigenvalue weighted by atomic mass is 9.98. The van der Waals surface area contributed by atoms with E-state index in [2.05, 4.69) is 57.0 Å². The Morgan fingerprint density at radius 3 is 2.50 bits per heavy atom. The van der Waals surface area contributed by atoms with E-state index in [1.807, 2.05) is 0 Å². The van der Waals surface area contributed by atoms with Crippen LogP contribution < -0.4 is 5.73 Å². The third-order valence-corrected chi connectivity index (χ3v) is 3.87. The van der Waals surface area contributed by atoms with Crippen molar-refractivity contribution in [2.24, 2.45) is 11.7 Å². The lowest BCUT2D eigenvalue weighted by molar-refractivity contribution is 0.167. The molecule has 0 heterocycles. The third-order valence-electron chi connectivity index (χ3n) is 3.87. The van der Waals surface area contributed by atoms with E-state index < -0.39 is 0 Å². The number of methoxy groups -OCH3 is 1. The molecule has 0 bridgehead atoms. The Labute approximate surface area is 124 Å². The number of hydrogen-bond donors (Lipinski definition) is 1. The number of nitrogens with zero attached hydrogens (tertiary/aromatic N) is 1. The van der Waals surface area contributed by atoms with Crippen LogP contribution in [0.3, 0.4) is 0 Å². The molecule has 0 aromatic heterocycles. The minimum Gasteiger partial charge on any atom is -0.380 e. The maximum atomic E-state index is 6.03. The van der Waals surface area contributed by atoms with Gasteiger partial charge in [-0.2, -0.15) is 0 Å². The quantitative estimate of drug-likeness (QED) is 0.793.